The monoisotopic (exact) mass is 339 g/mol. The van der Waals surface area contributed by atoms with Crippen molar-refractivity contribution in [1.82, 2.24) is 0 Å². The fraction of sp³-hybridized carbons (Fsp3) is 0.250. The van der Waals surface area contributed by atoms with Crippen molar-refractivity contribution >= 4 is 29.0 Å². The number of carbonyl (C=O) groups excluding carboxylic acids is 3. The van der Waals surface area contributed by atoms with Gasteiger partial charge in [0.25, 0.3) is 0 Å². The largest absolute Gasteiger partial charge is 0.454 e. The summed E-state index contributed by atoms with van der Waals surface area (Å²) in [6, 6.07) is 17.9. The SMILES string of the molecule is CC(C)(C)OC(=O)C(=O)CC(=O)N(c1ccccc1)c1ccccc1. The Labute approximate surface area is 147 Å². The van der Waals surface area contributed by atoms with Gasteiger partial charge in [-0.2, -0.15) is 0 Å². The van der Waals surface area contributed by atoms with E-state index in [1.807, 2.05) is 12.1 Å². The van der Waals surface area contributed by atoms with Crippen LogP contribution in [0.1, 0.15) is 27.2 Å². The van der Waals surface area contributed by atoms with Gasteiger partial charge in [0.2, 0.25) is 11.7 Å². The van der Waals surface area contributed by atoms with Gasteiger partial charge in [0, 0.05) is 11.4 Å². The van der Waals surface area contributed by atoms with Crippen LogP contribution in [0.4, 0.5) is 11.4 Å². The summed E-state index contributed by atoms with van der Waals surface area (Å²) in [4.78, 5) is 38.1. The number of amides is 1. The molecule has 5 nitrogen and oxygen atoms in total. The summed E-state index contributed by atoms with van der Waals surface area (Å²) in [6.45, 7) is 5.00. The van der Waals surface area contributed by atoms with Gasteiger partial charge in [-0.3, -0.25) is 14.5 Å². The zero-order valence-corrected chi connectivity index (χ0v) is 14.6. The molecule has 0 unspecified atom stereocenters. The first-order valence-corrected chi connectivity index (χ1v) is 7.97. The van der Waals surface area contributed by atoms with Crippen LogP contribution in [0.2, 0.25) is 0 Å². The molecular formula is C20H21NO4. The lowest BCUT2D eigenvalue weighted by molar-refractivity contribution is -0.163. The molecule has 0 aromatic heterocycles. The molecule has 0 fully saturated rings. The molecule has 2 aromatic carbocycles. The summed E-state index contributed by atoms with van der Waals surface area (Å²) in [5.74, 6) is -2.35. The minimum absolute atomic E-state index is 0.492. The average Bonchev–Trinajstić information content (AvgIpc) is 2.55. The Bertz CT molecular complexity index is 709. The van der Waals surface area contributed by atoms with Crippen molar-refractivity contribution < 1.29 is 19.1 Å². The standard InChI is InChI=1S/C20H21NO4/c1-20(2,3)25-19(24)17(22)14-18(23)21(15-10-6-4-7-11-15)16-12-8-5-9-13-16/h4-13H,14H2,1-3H3. The molecule has 0 aliphatic rings. The predicted molar refractivity (Wildman–Crippen MR) is 95.5 cm³/mol. The maximum Gasteiger partial charge on any atom is 0.375 e. The molecule has 0 radical (unpaired) electrons. The lowest BCUT2D eigenvalue weighted by Crippen LogP contribution is -2.33. The number of nitrogens with zero attached hydrogens (tertiary/aromatic N) is 1. The third-order valence-electron chi connectivity index (χ3n) is 3.22. The Balaban J connectivity index is 2.22. The Hall–Kier alpha value is -2.95. The van der Waals surface area contributed by atoms with Crippen molar-refractivity contribution in [2.24, 2.45) is 0 Å². The van der Waals surface area contributed by atoms with E-state index >= 15 is 0 Å². The molecule has 0 aliphatic carbocycles. The van der Waals surface area contributed by atoms with Crippen molar-refractivity contribution in [3.8, 4) is 0 Å². The smallest absolute Gasteiger partial charge is 0.375 e. The number of ether oxygens (including phenoxy) is 1. The maximum absolute atomic E-state index is 12.7. The van der Waals surface area contributed by atoms with Crippen LogP contribution in [0.15, 0.2) is 60.7 Å². The van der Waals surface area contributed by atoms with Gasteiger partial charge >= 0.3 is 5.97 Å². The van der Waals surface area contributed by atoms with Gasteiger partial charge in [-0.25, -0.2) is 4.79 Å². The molecule has 0 spiro atoms. The zero-order chi connectivity index (χ0) is 18.4. The number of ketones is 1. The first-order chi connectivity index (χ1) is 11.8. The number of Topliss-reactive ketones (excluding diaryl/α,β-unsaturated/α-hetero) is 1. The molecule has 1 amide bonds. The van der Waals surface area contributed by atoms with E-state index in [9.17, 15) is 14.4 Å². The molecule has 2 aromatic rings. The molecule has 5 heteroatoms. The number of benzene rings is 2. The van der Waals surface area contributed by atoms with Crippen LogP contribution in [-0.2, 0) is 19.1 Å². The minimum Gasteiger partial charge on any atom is -0.454 e. The number of anilines is 2. The number of rotatable bonds is 5. The summed E-state index contributed by atoms with van der Waals surface area (Å²) in [5, 5.41) is 0. The molecular weight excluding hydrogens is 318 g/mol. The lowest BCUT2D eigenvalue weighted by Gasteiger charge is -2.23. The van der Waals surface area contributed by atoms with E-state index in [1.165, 1.54) is 4.90 Å². The Morgan fingerprint density at radius 3 is 1.68 bits per heavy atom. The Kier molecular flexibility index (Phi) is 5.70. The molecule has 0 saturated carbocycles. The summed E-state index contributed by atoms with van der Waals surface area (Å²) < 4.78 is 5.03. The number of carbonyl (C=O) groups is 3. The molecule has 0 saturated heterocycles. The maximum atomic E-state index is 12.7. The Morgan fingerprint density at radius 1 is 0.840 bits per heavy atom. The van der Waals surface area contributed by atoms with Crippen LogP contribution in [0.25, 0.3) is 0 Å². The number of hydrogen-bond acceptors (Lipinski definition) is 4. The molecule has 0 aliphatic heterocycles. The molecule has 2 rings (SSSR count). The van der Waals surface area contributed by atoms with Crippen molar-refractivity contribution in [1.29, 1.82) is 0 Å². The number of hydrogen-bond donors (Lipinski definition) is 0. The highest BCUT2D eigenvalue weighted by molar-refractivity contribution is 6.38. The summed E-state index contributed by atoms with van der Waals surface area (Å²) in [6.07, 6.45) is -0.557. The van der Waals surface area contributed by atoms with Crippen molar-refractivity contribution in [2.75, 3.05) is 4.90 Å². The molecule has 0 heterocycles. The van der Waals surface area contributed by atoms with Crippen molar-refractivity contribution in [2.45, 2.75) is 32.8 Å². The molecule has 130 valence electrons. The minimum atomic E-state index is -0.998. The van der Waals surface area contributed by atoms with Gasteiger partial charge in [-0.1, -0.05) is 36.4 Å². The van der Waals surface area contributed by atoms with Crippen LogP contribution < -0.4 is 4.90 Å². The molecule has 0 atom stereocenters. The van der Waals surface area contributed by atoms with E-state index in [0.717, 1.165) is 0 Å². The highest BCUT2D eigenvalue weighted by atomic mass is 16.6. The fourth-order valence-electron chi connectivity index (χ4n) is 2.21. The quantitative estimate of drug-likeness (QED) is 0.474. The predicted octanol–water partition coefficient (Wildman–Crippen LogP) is 3.65. The second-order valence-electron chi connectivity index (χ2n) is 6.50. The first-order valence-electron chi connectivity index (χ1n) is 7.97. The van der Waals surface area contributed by atoms with E-state index in [4.69, 9.17) is 4.74 Å². The zero-order valence-electron chi connectivity index (χ0n) is 14.6. The molecule has 25 heavy (non-hydrogen) atoms. The van der Waals surface area contributed by atoms with Crippen LogP contribution in [0.3, 0.4) is 0 Å². The second-order valence-corrected chi connectivity index (χ2v) is 6.50. The van der Waals surface area contributed by atoms with Gasteiger partial charge < -0.3 is 4.74 Å². The summed E-state index contributed by atoms with van der Waals surface area (Å²) >= 11 is 0. The van der Waals surface area contributed by atoms with Crippen molar-refractivity contribution in [3.63, 3.8) is 0 Å². The summed E-state index contributed by atoms with van der Waals surface area (Å²) in [7, 11) is 0. The van der Waals surface area contributed by atoms with E-state index in [-0.39, 0.29) is 0 Å². The third-order valence-corrected chi connectivity index (χ3v) is 3.22. The van der Waals surface area contributed by atoms with Crippen molar-refractivity contribution in [3.05, 3.63) is 60.7 Å². The van der Waals surface area contributed by atoms with E-state index in [0.29, 0.717) is 11.4 Å². The first kappa shape index (κ1) is 18.4. The normalized spacial score (nSPS) is 10.8. The van der Waals surface area contributed by atoms with Crippen LogP contribution in [0, 0.1) is 0 Å². The van der Waals surface area contributed by atoms with Gasteiger partial charge in [0.15, 0.2) is 0 Å². The second kappa shape index (κ2) is 7.75. The number of esters is 1. The van der Waals surface area contributed by atoms with Crippen LogP contribution in [-0.4, -0.2) is 23.3 Å². The fourth-order valence-corrected chi connectivity index (χ4v) is 2.21. The topological polar surface area (TPSA) is 63.7 Å². The van der Waals surface area contributed by atoms with Crippen LogP contribution in [0.5, 0.6) is 0 Å². The van der Waals surface area contributed by atoms with E-state index in [2.05, 4.69) is 0 Å². The van der Waals surface area contributed by atoms with E-state index in [1.54, 1.807) is 69.3 Å². The summed E-state index contributed by atoms with van der Waals surface area (Å²) in [5.41, 5.74) is 0.459. The molecule has 0 bridgehead atoms. The molecule has 0 N–H and O–H groups in total. The van der Waals surface area contributed by atoms with Gasteiger partial charge in [-0.15, -0.1) is 0 Å². The highest BCUT2D eigenvalue weighted by Crippen LogP contribution is 2.26. The lowest BCUT2D eigenvalue weighted by atomic mass is 10.1. The third kappa shape index (κ3) is 5.28. The van der Waals surface area contributed by atoms with Gasteiger partial charge in [0.1, 0.15) is 5.60 Å². The van der Waals surface area contributed by atoms with Crippen LogP contribution >= 0.6 is 0 Å². The highest BCUT2D eigenvalue weighted by Gasteiger charge is 2.27. The van der Waals surface area contributed by atoms with Gasteiger partial charge in [-0.05, 0) is 45.0 Å². The number of para-hydroxylation sites is 2. The van der Waals surface area contributed by atoms with E-state index < -0.39 is 29.7 Å². The Morgan fingerprint density at radius 2 is 1.28 bits per heavy atom. The average molecular weight is 339 g/mol. The van der Waals surface area contributed by atoms with Gasteiger partial charge in [0.05, 0.1) is 6.42 Å².